The molecular formula is C14H17N3OS. The van der Waals surface area contributed by atoms with E-state index in [-0.39, 0.29) is 5.91 Å². The number of carbonyl (C=O) groups excluding carboxylic acids is 1. The van der Waals surface area contributed by atoms with Gasteiger partial charge >= 0.3 is 0 Å². The zero-order valence-corrected chi connectivity index (χ0v) is 11.7. The molecule has 0 spiro atoms. The minimum atomic E-state index is -0.138. The molecule has 0 atom stereocenters. The molecule has 1 heterocycles. The molecule has 1 aromatic carbocycles. The van der Waals surface area contributed by atoms with E-state index < -0.39 is 0 Å². The van der Waals surface area contributed by atoms with Gasteiger partial charge in [0.25, 0.3) is 5.91 Å². The van der Waals surface area contributed by atoms with Gasteiger partial charge in [0.05, 0.1) is 5.69 Å². The summed E-state index contributed by atoms with van der Waals surface area (Å²) < 4.78 is 0. The van der Waals surface area contributed by atoms with Crippen LogP contribution in [0.1, 0.15) is 35.0 Å². The average Bonchev–Trinajstić information content (AvgIpc) is 2.86. The van der Waals surface area contributed by atoms with Crippen LogP contribution in [0.3, 0.4) is 0 Å². The number of aromatic nitrogens is 1. The highest BCUT2D eigenvalue weighted by Crippen LogP contribution is 2.17. The summed E-state index contributed by atoms with van der Waals surface area (Å²) in [6.45, 7) is 2.59. The molecule has 5 heteroatoms. The van der Waals surface area contributed by atoms with Crippen molar-refractivity contribution < 1.29 is 4.79 Å². The summed E-state index contributed by atoms with van der Waals surface area (Å²) in [6, 6.07) is 7.27. The summed E-state index contributed by atoms with van der Waals surface area (Å²) in [5.74, 6) is -0.138. The van der Waals surface area contributed by atoms with E-state index in [0.717, 1.165) is 24.1 Å². The average molecular weight is 275 g/mol. The molecule has 4 nitrogen and oxygen atoms in total. The van der Waals surface area contributed by atoms with Gasteiger partial charge in [0.15, 0.2) is 5.13 Å². The Morgan fingerprint density at radius 2 is 2.11 bits per heavy atom. The standard InChI is InChI=1S/C14H17N3OS/c1-2-3-12-9-19-14(16-12)17-13(18)11-6-4-10(8-15)5-7-11/h4-7,9H,2-3,8,15H2,1H3,(H,16,17,18). The molecule has 2 rings (SSSR count). The SMILES string of the molecule is CCCc1csc(NC(=O)c2ccc(CN)cc2)n1. The molecule has 1 aromatic heterocycles. The van der Waals surface area contributed by atoms with Gasteiger partial charge < -0.3 is 5.73 Å². The van der Waals surface area contributed by atoms with E-state index in [1.807, 2.05) is 17.5 Å². The van der Waals surface area contributed by atoms with Gasteiger partial charge in [-0.25, -0.2) is 4.98 Å². The van der Waals surface area contributed by atoms with Crippen LogP contribution in [0.4, 0.5) is 5.13 Å². The summed E-state index contributed by atoms with van der Waals surface area (Å²) in [4.78, 5) is 16.4. The minimum Gasteiger partial charge on any atom is -0.326 e. The number of nitrogens with zero attached hydrogens (tertiary/aromatic N) is 1. The molecule has 100 valence electrons. The number of hydrogen-bond acceptors (Lipinski definition) is 4. The number of anilines is 1. The van der Waals surface area contributed by atoms with Crippen LogP contribution in [-0.4, -0.2) is 10.9 Å². The van der Waals surface area contributed by atoms with Crippen molar-refractivity contribution in [2.24, 2.45) is 5.73 Å². The largest absolute Gasteiger partial charge is 0.326 e. The lowest BCUT2D eigenvalue weighted by Gasteiger charge is -2.02. The van der Waals surface area contributed by atoms with Crippen LogP contribution in [0.5, 0.6) is 0 Å². The van der Waals surface area contributed by atoms with Crippen LogP contribution in [0.2, 0.25) is 0 Å². The Balaban J connectivity index is 2.02. The Kier molecular flexibility index (Phi) is 4.65. The molecule has 0 radical (unpaired) electrons. The van der Waals surface area contributed by atoms with E-state index >= 15 is 0 Å². The fourth-order valence-corrected chi connectivity index (χ4v) is 2.44. The van der Waals surface area contributed by atoms with E-state index in [4.69, 9.17) is 5.73 Å². The lowest BCUT2D eigenvalue weighted by atomic mass is 10.1. The van der Waals surface area contributed by atoms with Crippen LogP contribution in [0.25, 0.3) is 0 Å². The first-order valence-corrected chi connectivity index (χ1v) is 7.15. The Morgan fingerprint density at radius 1 is 1.37 bits per heavy atom. The monoisotopic (exact) mass is 275 g/mol. The summed E-state index contributed by atoms with van der Waals surface area (Å²) in [7, 11) is 0. The molecular weight excluding hydrogens is 258 g/mol. The van der Waals surface area contributed by atoms with E-state index in [2.05, 4.69) is 17.2 Å². The van der Waals surface area contributed by atoms with Crippen molar-refractivity contribution >= 4 is 22.4 Å². The number of thiazole rings is 1. The van der Waals surface area contributed by atoms with Crippen molar-refractivity contribution in [1.82, 2.24) is 4.98 Å². The van der Waals surface area contributed by atoms with Crippen molar-refractivity contribution in [1.29, 1.82) is 0 Å². The molecule has 3 N–H and O–H groups in total. The number of carbonyl (C=O) groups is 1. The Hall–Kier alpha value is -1.72. The lowest BCUT2D eigenvalue weighted by molar-refractivity contribution is 0.102. The lowest BCUT2D eigenvalue weighted by Crippen LogP contribution is -2.12. The second-order valence-electron chi connectivity index (χ2n) is 4.25. The highest BCUT2D eigenvalue weighted by atomic mass is 32.1. The third-order valence-electron chi connectivity index (χ3n) is 2.73. The fraction of sp³-hybridized carbons (Fsp3) is 0.286. The van der Waals surface area contributed by atoms with Gasteiger partial charge in [0.1, 0.15) is 0 Å². The maximum absolute atomic E-state index is 12.0. The van der Waals surface area contributed by atoms with Crippen molar-refractivity contribution in [2.45, 2.75) is 26.3 Å². The van der Waals surface area contributed by atoms with Crippen molar-refractivity contribution in [2.75, 3.05) is 5.32 Å². The van der Waals surface area contributed by atoms with Crippen LogP contribution in [-0.2, 0) is 13.0 Å². The minimum absolute atomic E-state index is 0.138. The molecule has 0 fully saturated rings. The van der Waals surface area contributed by atoms with Gasteiger partial charge in [-0.2, -0.15) is 0 Å². The third-order valence-corrected chi connectivity index (χ3v) is 3.54. The maximum atomic E-state index is 12.0. The van der Waals surface area contributed by atoms with Crippen LogP contribution >= 0.6 is 11.3 Å². The number of amides is 1. The van der Waals surface area contributed by atoms with E-state index in [9.17, 15) is 4.79 Å². The quantitative estimate of drug-likeness (QED) is 0.881. The highest BCUT2D eigenvalue weighted by molar-refractivity contribution is 7.13. The molecule has 0 unspecified atom stereocenters. The number of hydrogen-bond donors (Lipinski definition) is 2. The van der Waals surface area contributed by atoms with Gasteiger partial charge in [-0.05, 0) is 24.1 Å². The Labute approximate surface area is 116 Å². The molecule has 0 saturated heterocycles. The summed E-state index contributed by atoms with van der Waals surface area (Å²) >= 11 is 1.46. The first-order valence-electron chi connectivity index (χ1n) is 6.27. The smallest absolute Gasteiger partial charge is 0.257 e. The number of nitrogens with one attached hydrogen (secondary N) is 1. The van der Waals surface area contributed by atoms with Gasteiger partial charge in [0, 0.05) is 17.5 Å². The maximum Gasteiger partial charge on any atom is 0.257 e. The molecule has 0 bridgehead atoms. The molecule has 19 heavy (non-hydrogen) atoms. The second-order valence-corrected chi connectivity index (χ2v) is 5.11. The predicted octanol–water partition coefficient (Wildman–Crippen LogP) is 2.81. The predicted molar refractivity (Wildman–Crippen MR) is 78.4 cm³/mol. The zero-order valence-electron chi connectivity index (χ0n) is 10.8. The molecule has 0 aliphatic heterocycles. The number of aryl methyl sites for hydroxylation is 1. The molecule has 0 saturated carbocycles. The first kappa shape index (κ1) is 13.7. The number of nitrogens with two attached hydrogens (primary N) is 1. The molecule has 0 aliphatic carbocycles. The molecule has 0 aliphatic rings. The van der Waals surface area contributed by atoms with Gasteiger partial charge in [0.2, 0.25) is 0 Å². The topological polar surface area (TPSA) is 68.0 Å². The summed E-state index contributed by atoms with van der Waals surface area (Å²) in [6.07, 6.45) is 2.00. The van der Waals surface area contributed by atoms with E-state index in [1.165, 1.54) is 11.3 Å². The normalized spacial score (nSPS) is 10.4. The second kappa shape index (κ2) is 6.45. The van der Waals surface area contributed by atoms with Crippen molar-refractivity contribution in [3.63, 3.8) is 0 Å². The van der Waals surface area contributed by atoms with Crippen LogP contribution in [0, 0.1) is 0 Å². The Bertz CT molecular complexity index is 548. The number of rotatable bonds is 5. The van der Waals surface area contributed by atoms with E-state index in [0.29, 0.717) is 17.2 Å². The third kappa shape index (κ3) is 3.62. The van der Waals surface area contributed by atoms with Crippen LogP contribution < -0.4 is 11.1 Å². The van der Waals surface area contributed by atoms with Gasteiger partial charge in [-0.1, -0.05) is 25.5 Å². The zero-order chi connectivity index (χ0) is 13.7. The van der Waals surface area contributed by atoms with Crippen LogP contribution in [0.15, 0.2) is 29.6 Å². The summed E-state index contributed by atoms with van der Waals surface area (Å²) in [5, 5.41) is 5.44. The van der Waals surface area contributed by atoms with E-state index in [1.54, 1.807) is 12.1 Å². The van der Waals surface area contributed by atoms with Gasteiger partial charge in [-0.15, -0.1) is 11.3 Å². The Morgan fingerprint density at radius 3 is 2.74 bits per heavy atom. The molecule has 2 aromatic rings. The summed E-state index contributed by atoms with van der Waals surface area (Å²) in [5.41, 5.74) is 8.18. The number of benzene rings is 1. The van der Waals surface area contributed by atoms with Crippen molar-refractivity contribution in [3.05, 3.63) is 46.5 Å². The highest BCUT2D eigenvalue weighted by Gasteiger charge is 2.08. The first-order chi connectivity index (χ1) is 9.22. The fourth-order valence-electron chi connectivity index (χ4n) is 1.70. The van der Waals surface area contributed by atoms with Crippen molar-refractivity contribution in [3.8, 4) is 0 Å². The van der Waals surface area contributed by atoms with Gasteiger partial charge in [-0.3, -0.25) is 10.1 Å². The molecule has 1 amide bonds.